The van der Waals surface area contributed by atoms with Gasteiger partial charge in [0.05, 0.1) is 12.6 Å². The second-order valence-corrected chi connectivity index (χ2v) is 9.06. The molecule has 2 aromatic heterocycles. The predicted octanol–water partition coefficient (Wildman–Crippen LogP) is 3.73. The van der Waals surface area contributed by atoms with Crippen molar-refractivity contribution < 1.29 is 41.0 Å². The summed E-state index contributed by atoms with van der Waals surface area (Å²) in [6, 6.07) is 3.29. The maximum Gasteiger partial charge on any atom is 0.417 e. The number of H-pyrrole nitrogens is 1. The van der Waals surface area contributed by atoms with Gasteiger partial charge in [0.2, 0.25) is 11.7 Å². The molecule has 0 aliphatic carbocycles. The monoisotopic (exact) mass is 572 g/mol. The van der Waals surface area contributed by atoms with E-state index in [1.165, 1.54) is 20.0 Å². The lowest BCUT2D eigenvalue weighted by atomic mass is 9.77. The Bertz CT molecular complexity index is 1400. The van der Waals surface area contributed by atoms with Crippen LogP contribution in [0.25, 0.3) is 11.0 Å². The summed E-state index contributed by atoms with van der Waals surface area (Å²) >= 11 is 0. The maximum atomic E-state index is 14.6. The zero-order chi connectivity index (χ0) is 30.0. The van der Waals surface area contributed by atoms with E-state index in [4.69, 9.17) is 15.2 Å². The van der Waals surface area contributed by atoms with Crippen molar-refractivity contribution in [3.8, 4) is 5.75 Å². The van der Waals surface area contributed by atoms with Gasteiger partial charge in [0.1, 0.15) is 29.0 Å². The van der Waals surface area contributed by atoms with Gasteiger partial charge in [0, 0.05) is 36.4 Å². The van der Waals surface area contributed by atoms with Crippen molar-refractivity contribution in [2.75, 3.05) is 26.0 Å². The molecule has 0 bridgehead atoms. The van der Waals surface area contributed by atoms with Gasteiger partial charge >= 0.3 is 6.18 Å². The van der Waals surface area contributed by atoms with E-state index in [0.717, 1.165) is 26.2 Å². The fourth-order valence-electron chi connectivity index (χ4n) is 4.72. The first-order valence-corrected chi connectivity index (χ1v) is 12.1. The van der Waals surface area contributed by atoms with Crippen LogP contribution in [0, 0.1) is 17.6 Å². The molecule has 6 N–H and O–H groups in total. The summed E-state index contributed by atoms with van der Waals surface area (Å²) in [5, 5.41) is 2.48. The molecule has 15 heteroatoms. The molecule has 218 valence electrons. The highest BCUT2D eigenvalue weighted by atomic mass is 19.4. The van der Waals surface area contributed by atoms with E-state index < -0.39 is 53.0 Å². The standard InChI is InChI=1S/C24H24F5N5O4.CH5N/c1-10-17(11-4-5-12(25)18(26)20(11)37-3)21(38-23(10,2)24(27,28)29)22-32-13-8-15(33-16(36)6-7-30)31-14(9-35)19(13)34-22;1-2/h4-5,8-10,17,21H,6-7,30H2,1-3H3,(H,32,34)(H,31,33,36);2H2,1H3/t10?,17?,21-,23-;/m1./s1. The Hall–Kier alpha value is -3.69. The number of amides is 1. The lowest BCUT2D eigenvalue weighted by Gasteiger charge is -2.32. The number of hydrogen-bond donors (Lipinski definition) is 4. The van der Waals surface area contributed by atoms with Crippen LogP contribution < -0.4 is 21.5 Å². The molecule has 2 unspecified atom stereocenters. The van der Waals surface area contributed by atoms with Crippen molar-refractivity contribution in [1.29, 1.82) is 0 Å². The largest absolute Gasteiger partial charge is 0.493 e. The van der Waals surface area contributed by atoms with Crippen LogP contribution in [0.3, 0.4) is 0 Å². The topological polar surface area (TPSA) is 158 Å². The zero-order valence-electron chi connectivity index (χ0n) is 22.0. The molecule has 1 amide bonds. The lowest BCUT2D eigenvalue weighted by molar-refractivity contribution is -0.275. The number of alkyl halides is 3. The Morgan fingerprint density at radius 2 is 1.95 bits per heavy atom. The first-order valence-electron chi connectivity index (χ1n) is 12.1. The molecule has 40 heavy (non-hydrogen) atoms. The van der Waals surface area contributed by atoms with Crippen LogP contribution in [0.2, 0.25) is 0 Å². The zero-order valence-corrected chi connectivity index (χ0v) is 22.0. The molecule has 0 spiro atoms. The molecule has 0 saturated carbocycles. The number of pyridine rings is 1. The van der Waals surface area contributed by atoms with Crippen LogP contribution in [0.4, 0.5) is 27.8 Å². The highest BCUT2D eigenvalue weighted by molar-refractivity contribution is 5.96. The Morgan fingerprint density at radius 3 is 2.52 bits per heavy atom. The van der Waals surface area contributed by atoms with Crippen molar-refractivity contribution >= 4 is 29.0 Å². The molecule has 3 heterocycles. The van der Waals surface area contributed by atoms with Crippen molar-refractivity contribution in [2.45, 2.75) is 44.1 Å². The third-order valence-corrected chi connectivity index (χ3v) is 6.85. The predicted molar refractivity (Wildman–Crippen MR) is 135 cm³/mol. The highest BCUT2D eigenvalue weighted by Crippen LogP contribution is 2.59. The van der Waals surface area contributed by atoms with Gasteiger partial charge in [-0.3, -0.25) is 9.59 Å². The summed E-state index contributed by atoms with van der Waals surface area (Å²) in [6.07, 6.45) is -5.92. The molecule has 0 radical (unpaired) electrons. The number of nitrogens with one attached hydrogen (secondary N) is 2. The number of aromatic nitrogens is 3. The van der Waals surface area contributed by atoms with Gasteiger partial charge in [-0.2, -0.15) is 17.6 Å². The molecule has 1 aromatic carbocycles. The summed E-state index contributed by atoms with van der Waals surface area (Å²) in [5.74, 6) is -6.25. The molecular weight excluding hydrogens is 543 g/mol. The minimum absolute atomic E-state index is 0.00656. The number of ether oxygens (including phenoxy) is 2. The number of carbonyl (C=O) groups excluding carboxylic acids is 2. The van der Waals surface area contributed by atoms with E-state index >= 15 is 0 Å². The number of halogens is 5. The lowest BCUT2D eigenvalue weighted by Crippen LogP contribution is -2.46. The molecule has 1 saturated heterocycles. The number of fused-ring (bicyclic) bond motifs is 1. The van der Waals surface area contributed by atoms with E-state index in [-0.39, 0.29) is 46.9 Å². The van der Waals surface area contributed by atoms with Crippen molar-refractivity contribution in [3.63, 3.8) is 0 Å². The smallest absolute Gasteiger partial charge is 0.417 e. The highest BCUT2D eigenvalue weighted by Gasteiger charge is 2.65. The minimum atomic E-state index is -4.84. The SMILES string of the molecule is CN.COc1c(C2C(C)[C@](C)(C(F)(F)F)O[C@H]2c2nc3c(C=O)nc(NC(=O)CCN)cc3[nH]2)ccc(F)c1F. The number of benzene rings is 1. The van der Waals surface area contributed by atoms with Crippen LogP contribution >= 0.6 is 0 Å². The maximum absolute atomic E-state index is 14.6. The normalized spacial score (nSPS) is 22.5. The first-order chi connectivity index (χ1) is 18.9. The van der Waals surface area contributed by atoms with Crippen LogP contribution in [0.15, 0.2) is 18.2 Å². The number of anilines is 1. The van der Waals surface area contributed by atoms with E-state index in [9.17, 15) is 31.5 Å². The Balaban J connectivity index is 0.00000216. The molecule has 1 aliphatic heterocycles. The van der Waals surface area contributed by atoms with Gasteiger partial charge in [-0.25, -0.2) is 14.4 Å². The summed E-state index contributed by atoms with van der Waals surface area (Å²) in [7, 11) is 2.57. The molecule has 4 atom stereocenters. The summed E-state index contributed by atoms with van der Waals surface area (Å²) in [5.41, 5.74) is 7.10. The van der Waals surface area contributed by atoms with Gasteiger partial charge in [-0.1, -0.05) is 13.0 Å². The van der Waals surface area contributed by atoms with Gasteiger partial charge in [0.15, 0.2) is 23.5 Å². The summed E-state index contributed by atoms with van der Waals surface area (Å²) in [6.45, 7) is 2.22. The van der Waals surface area contributed by atoms with Crippen LogP contribution in [-0.4, -0.2) is 59.6 Å². The van der Waals surface area contributed by atoms with E-state index in [2.05, 4.69) is 26.0 Å². The van der Waals surface area contributed by atoms with Crippen molar-refractivity contribution in [3.05, 3.63) is 46.9 Å². The second-order valence-electron chi connectivity index (χ2n) is 9.06. The number of nitrogens with zero attached hydrogens (tertiary/aromatic N) is 2. The molecule has 1 aliphatic rings. The Morgan fingerprint density at radius 1 is 1.27 bits per heavy atom. The van der Waals surface area contributed by atoms with E-state index in [1.54, 1.807) is 0 Å². The third kappa shape index (κ3) is 5.36. The summed E-state index contributed by atoms with van der Waals surface area (Å²) in [4.78, 5) is 34.8. The number of methoxy groups -OCH3 is 1. The molecule has 3 aromatic rings. The first kappa shape index (κ1) is 30.8. The number of imidazole rings is 1. The number of aldehydes is 1. The average molecular weight is 573 g/mol. The van der Waals surface area contributed by atoms with Gasteiger partial charge in [-0.05, 0) is 20.0 Å². The minimum Gasteiger partial charge on any atom is -0.493 e. The van der Waals surface area contributed by atoms with E-state index in [0.29, 0.717) is 6.29 Å². The number of hydrogen-bond acceptors (Lipinski definition) is 8. The average Bonchev–Trinajstić information content (AvgIpc) is 3.45. The number of aromatic amines is 1. The van der Waals surface area contributed by atoms with Gasteiger partial charge < -0.3 is 31.2 Å². The molecular formula is C25H29F5N6O4. The summed E-state index contributed by atoms with van der Waals surface area (Å²) < 4.78 is 81.9. The fourth-order valence-corrected chi connectivity index (χ4v) is 4.72. The second kappa shape index (κ2) is 11.8. The quantitative estimate of drug-likeness (QED) is 0.246. The van der Waals surface area contributed by atoms with Gasteiger partial charge in [-0.15, -0.1) is 0 Å². The van der Waals surface area contributed by atoms with Crippen LogP contribution in [-0.2, 0) is 9.53 Å². The van der Waals surface area contributed by atoms with E-state index in [1.807, 2.05) is 0 Å². The third-order valence-electron chi connectivity index (χ3n) is 6.85. The Kier molecular flexibility index (Phi) is 9.11. The van der Waals surface area contributed by atoms with Crippen LogP contribution in [0.5, 0.6) is 5.75 Å². The van der Waals surface area contributed by atoms with Crippen LogP contribution in [0.1, 0.15) is 54.2 Å². The molecule has 4 rings (SSSR count). The Labute approximate surface area is 225 Å². The van der Waals surface area contributed by atoms with Gasteiger partial charge in [0.25, 0.3) is 0 Å². The van der Waals surface area contributed by atoms with Crippen molar-refractivity contribution in [2.24, 2.45) is 17.4 Å². The van der Waals surface area contributed by atoms with Crippen molar-refractivity contribution in [1.82, 2.24) is 15.0 Å². The fraction of sp³-hybridized carbons (Fsp3) is 0.440. The molecule has 1 fully saturated rings. The number of nitrogens with two attached hydrogens (primary N) is 2. The number of carbonyl (C=O) groups is 2. The molecule has 10 nitrogen and oxygen atoms in total. The number of rotatable bonds is 7.